The van der Waals surface area contributed by atoms with Crippen LogP contribution < -0.4 is 14.8 Å². The fraction of sp³-hybridized carbons (Fsp3) is 0.158. The number of carbonyl (C=O) groups excluding carboxylic acids is 1. The van der Waals surface area contributed by atoms with Crippen molar-refractivity contribution >= 4 is 23.2 Å². The van der Waals surface area contributed by atoms with Gasteiger partial charge in [-0.05, 0) is 37.3 Å². The maximum Gasteiger partial charge on any atom is 0.259 e. The molecule has 3 aromatic rings. The van der Waals surface area contributed by atoms with Crippen LogP contribution in [-0.2, 0) is 6.73 Å². The van der Waals surface area contributed by atoms with Crippen molar-refractivity contribution < 1.29 is 18.7 Å². The van der Waals surface area contributed by atoms with Crippen molar-refractivity contribution in [1.82, 2.24) is 9.78 Å². The van der Waals surface area contributed by atoms with Gasteiger partial charge in [0.2, 0.25) is 0 Å². The van der Waals surface area contributed by atoms with E-state index in [4.69, 9.17) is 21.1 Å². The van der Waals surface area contributed by atoms with Crippen LogP contribution in [0.5, 0.6) is 11.5 Å². The van der Waals surface area contributed by atoms with E-state index >= 15 is 0 Å². The highest BCUT2D eigenvalue weighted by atomic mass is 35.5. The van der Waals surface area contributed by atoms with Gasteiger partial charge < -0.3 is 14.8 Å². The Morgan fingerprint density at radius 1 is 1.22 bits per heavy atom. The molecule has 8 heteroatoms. The maximum atomic E-state index is 13.0. The summed E-state index contributed by atoms with van der Waals surface area (Å²) in [5, 5.41) is 7.04. The Morgan fingerprint density at radius 3 is 2.81 bits per heavy atom. The SMILES string of the molecule is CCOc1ccccc1C(=O)Nc1cnn(COc2ccc(F)cc2Cl)c1. The lowest BCUT2D eigenvalue weighted by Crippen LogP contribution is -2.13. The molecule has 0 atom stereocenters. The van der Waals surface area contributed by atoms with Crippen molar-refractivity contribution in [3.05, 3.63) is 71.3 Å². The van der Waals surface area contributed by atoms with Crippen molar-refractivity contribution in [3.63, 3.8) is 0 Å². The van der Waals surface area contributed by atoms with Crippen LogP contribution in [-0.4, -0.2) is 22.3 Å². The van der Waals surface area contributed by atoms with E-state index in [0.29, 0.717) is 29.4 Å². The average molecular weight is 390 g/mol. The lowest BCUT2D eigenvalue weighted by atomic mass is 10.2. The molecule has 0 radical (unpaired) electrons. The van der Waals surface area contributed by atoms with Gasteiger partial charge in [-0.25, -0.2) is 9.07 Å². The van der Waals surface area contributed by atoms with Crippen LogP contribution in [0.1, 0.15) is 17.3 Å². The first-order valence-electron chi connectivity index (χ1n) is 8.20. The highest BCUT2D eigenvalue weighted by Gasteiger charge is 2.13. The summed E-state index contributed by atoms with van der Waals surface area (Å²) in [6.45, 7) is 2.37. The Balaban J connectivity index is 1.63. The number of benzene rings is 2. The zero-order valence-electron chi connectivity index (χ0n) is 14.5. The fourth-order valence-electron chi connectivity index (χ4n) is 2.36. The normalized spacial score (nSPS) is 10.5. The molecule has 0 aliphatic rings. The molecule has 0 saturated carbocycles. The van der Waals surface area contributed by atoms with Crippen LogP contribution in [0.3, 0.4) is 0 Å². The molecule has 140 valence electrons. The topological polar surface area (TPSA) is 65.4 Å². The third-order valence-electron chi connectivity index (χ3n) is 3.57. The van der Waals surface area contributed by atoms with E-state index in [1.165, 1.54) is 29.1 Å². The third-order valence-corrected chi connectivity index (χ3v) is 3.86. The minimum atomic E-state index is -0.441. The summed E-state index contributed by atoms with van der Waals surface area (Å²) in [4.78, 5) is 12.5. The summed E-state index contributed by atoms with van der Waals surface area (Å²) in [5.74, 6) is 0.105. The molecule has 0 aliphatic carbocycles. The first-order valence-corrected chi connectivity index (χ1v) is 8.58. The predicted molar refractivity (Wildman–Crippen MR) is 99.8 cm³/mol. The van der Waals surface area contributed by atoms with E-state index < -0.39 is 5.82 Å². The van der Waals surface area contributed by atoms with E-state index in [0.717, 1.165) is 0 Å². The highest BCUT2D eigenvalue weighted by Crippen LogP contribution is 2.25. The van der Waals surface area contributed by atoms with Crippen LogP contribution in [0, 0.1) is 5.82 Å². The standard InChI is InChI=1S/C19H17ClFN3O3/c1-2-26-17-6-4-3-5-15(17)19(25)23-14-10-22-24(11-14)12-27-18-8-7-13(21)9-16(18)20/h3-11H,2,12H2,1H3,(H,23,25). The zero-order chi connectivity index (χ0) is 19.2. The van der Waals surface area contributed by atoms with Crippen LogP contribution in [0.2, 0.25) is 5.02 Å². The van der Waals surface area contributed by atoms with Gasteiger partial charge in [-0.15, -0.1) is 0 Å². The number of aromatic nitrogens is 2. The Bertz CT molecular complexity index is 945. The van der Waals surface area contributed by atoms with Gasteiger partial charge in [0.25, 0.3) is 5.91 Å². The summed E-state index contributed by atoms with van der Waals surface area (Å²) < 4.78 is 25.5. The molecule has 0 bridgehead atoms. The molecule has 3 rings (SSSR count). The van der Waals surface area contributed by atoms with Gasteiger partial charge in [0.1, 0.15) is 17.3 Å². The van der Waals surface area contributed by atoms with Crippen molar-refractivity contribution in [2.24, 2.45) is 0 Å². The number of nitrogens with one attached hydrogen (secondary N) is 1. The average Bonchev–Trinajstić information content (AvgIpc) is 3.09. The second kappa shape index (κ2) is 8.55. The first-order chi connectivity index (χ1) is 13.1. The van der Waals surface area contributed by atoms with Crippen LogP contribution in [0.25, 0.3) is 0 Å². The van der Waals surface area contributed by atoms with Gasteiger partial charge in [-0.1, -0.05) is 23.7 Å². The maximum absolute atomic E-state index is 13.0. The second-order valence-corrected chi connectivity index (χ2v) is 5.91. The highest BCUT2D eigenvalue weighted by molar-refractivity contribution is 6.32. The summed E-state index contributed by atoms with van der Waals surface area (Å²) in [6, 6.07) is 10.9. The summed E-state index contributed by atoms with van der Waals surface area (Å²) >= 11 is 5.91. The summed E-state index contributed by atoms with van der Waals surface area (Å²) in [7, 11) is 0. The monoisotopic (exact) mass is 389 g/mol. The molecule has 0 spiro atoms. The van der Waals surface area contributed by atoms with Gasteiger partial charge in [0.05, 0.1) is 35.3 Å². The molecule has 1 N–H and O–H groups in total. The molecular formula is C19H17ClFN3O3. The Hall–Kier alpha value is -3.06. The van der Waals surface area contributed by atoms with Crippen molar-refractivity contribution in [1.29, 1.82) is 0 Å². The molecule has 1 heterocycles. The third kappa shape index (κ3) is 4.77. The van der Waals surface area contributed by atoms with E-state index in [1.54, 1.807) is 30.5 Å². The quantitative estimate of drug-likeness (QED) is 0.652. The second-order valence-electron chi connectivity index (χ2n) is 5.50. The minimum Gasteiger partial charge on any atom is -0.493 e. The van der Waals surface area contributed by atoms with Crippen LogP contribution in [0.15, 0.2) is 54.9 Å². The summed E-state index contributed by atoms with van der Waals surface area (Å²) in [5.41, 5.74) is 0.932. The molecule has 27 heavy (non-hydrogen) atoms. The van der Waals surface area contributed by atoms with Gasteiger partial charge in [0.15, 0.2) is 6.73 Å². The Morgan fingerprint density at radius 2 is 2.04 bits per heavy atom. The van der Waals surface area contributed by atoms with Gasteiger partial charge >= 0.3 is 0 Å². The molecule has 1 aromatic heterocycles. The molecule has 6 nitrogen and oxygen atoms in total. The number of amides is 1. The number of hydrogen-bond acceptors (Lipinski definition) is 4. The van der Waals surface area contributed by atoms with Crippen molar-refractivity contribution in [2.45, 2.75) is 13.7 Å². The van der Waals surface area contributed by atoms with Crippen LogP contribution in [0.4, 0.5) is 10.1 Å². The molecule has 2 aromatic carbocycles. The Labute approximate surface area is 160 Å². The van der Waals surface area contributed by atoms with Crippen molar-refractivity contribution in [2.75, 3.05) is 11.9 Å². The summed E-state index contributed by atoms with van der Waals surface area (Å²) in [6.07, 6.45) is 3.11. The molecule has 0 unspecified atom stereocenters. The number of rotatable bonds is 7. The predicted octanol–water partition coefficient (Wildman–Crippen LogP) is 4.36. The van der Waals surface area contributed by atoms with Crippen molar-refractivity contribution in [3.8, 4) is 11.5 Å². The smallest absolute Gasteiger partial charge is 0.259 e. The number of para-hydroxylation sites is 1. The lowest BCUT2D eigenvalue weighted by Gasteiger charge is -2.09. The van der Waals surface area contributed by atoms with E-state index in [1.807, 2.05) is 6.92 Å². The number of hydrogen-bond donors (Lipinski definition) is 1. The van der Waals surface area contributed by atoms with E-state index in [-0.39, 0.29) is 17.7 Å². The molecular weight excluding hydrogens is 373 g/mol. The minimum absolute atomic E-state index is 0.0523. The number of anilines is 1. The fourth-order valence-corrected chi connectivity index (χ4v) is 2.58. The number of carbonyl (C=O) groups is 1. The molecule has 0 aliphatic heterocycles. The van der Waals surface area contributed by atoms with Crippen LogP contribution >= 0.6 is 11.6 Å². The van der Waals surface area contributed by atoms with Gasteiger partial charge in [-0.3, -0.25) is 4.79 Å². The number of halogens is 2. The van der Waals surface area contributed by atoms with E-state index in [2.05, 4.69) is 10.4 Å². The molecule has 0 saturated heterocycles. The number of nitrogens with zero attached hydrogens (tertiary/aromatic N) is 2. The van der Waals surface area contributed by atoms with Gasteiger partial charge in [0, 0.05) is 0 Å². The van der Waals surface area contributed by atoms with Gasteiger partial charge in [-0.2, -0.15) is 5.10 Å². The lowest BCUT2D eigenvalue weighted by molar-refractivity contribution is 0.102. The zero-order valence-corrected chi connectivity index (χ0v) is 15.2. The Kier molecular flexibility index (Phi) is 5.93. The largest absolute Gasteiger partial charge is 0.493 e. The first kappa shape index (κ1) is 18.7. The molecule has 1 amide bonds. The molecule has 0 fully saturated rings. The van der Waals surface area contributed by atoms with E-state index in [9.17, 15) is 9.18 Å². The number of ether oxygens (including phenoxy) is 2.